The van der Waals surface area contributed by atoms with Crippen molar-refractivity contribution in [3.8, 4) is 11.9 Å². The van der Waals surface area contributed by atoms with Gasteiger partial charge in [0.25, 0.3) is 11.5 Å². The van der Waals surface area contributed by atoms with Crippen molar-refractivity contribution in [1.82, 2.24) is 29.9 Å². The van der Waals surface area contributed by atoms with Gasteiger partial charge in [0.15, 0.2) is 11.6 Å². The SMILES string of the molecule is C[C@H](NC(=O)c1cc(C(F)(F)F)cc(C(C)(C)C#N)c1)c1ncnn1-c1ccc(=O)n(C)n1. The van der Waals surface area contributed by atoms with Gasteiger partial charge in [-0.3, -0.25) is 9.59 Å². The number of hydrogen-bond donors (Lipinski definition) is 1. The van der Waals surface area contributed by atoms with Crippen LogP contribution in [0.5, 0.6) is 0 Å². The number of carbonyl (C=O) groups is 1. The number of alkyl halides is 3. The summed E-state index contributed by atoms with van der Waals surface area (Å²) >= 11 is 0. The molecule has 0 aliphatic heterocycles. The molecule has 0 bridgehead atoms. The summed E-state index contributed by atoms with van der Waals surface area (Å²) in [6.45, 7) is 4.51. The normalized spacial score (nSPS) is 12.8. The Morgan fingerprint density at radius 2 is 1.85 bits per heavy atom. The number of nitriles is 1. The third kappa shape index (κ3) is 4.92. The Labute approximate surface area is 186 Å². The molecule has 0 radical (unpaired) electrons. The van der Waals surface area contributed by atoms with E-state index in [-0.39, 0.29) is 28.3 Å². The molecule has 0 saturated carbocycles. The number of rotatable bonds is 5. The molecule has 172 valence electrons. The van der Waals surface area contributed by atoms with Crippen LogP contribution in [-0.2, 0) is 18.6 Å². The highest BCUT2D eigenvalue weighted by Gasteiger charge is 2.34. The lowest BCUT2D eigenvalue weighted by Gasteiger charge is -2.20. The third-order valence-corrected chi connectivity index (χ3v) is 5.00. The number of benzene rings is 1. The summed E-state index contributed by atoms with van der Waals surface area (Å²) in [6.07, 6.45) is -3.47. The Morgan fingerprint density at radius 3 is 2.45 bits per heavy atom. The van der Waals surface area contributed by atoms with Gasteiger partial charge in [0.1, 0.15) is 6.33 Å². The van der Waals surface area contributed by atoms with Crippen LogP contribution >= 0.6 is 0 Å². The summed E-state index contributed by atoms with van der Waals surface area (Å²) in [5.41, 5.74) is -2.78. The van der Waals surface area contributed by atoms with Crippen molar-refractivity contribution in [2.75, 3.05) is 0 Å². The van der Waals surface area contributed by atoms with E-state index in [1.54, 1.807) is 6.92 Å². The lowest BCUT2D eigenvalue weighted by Crippen LogP contribution is -2.30. The topological polar surface area (TPSA) is 118 Å². The van der Waals surface area contributed by atoms with Gasteiger partial charge in [-0.1, -0.05) is 0 Å². The van der Waals surface area contributed by atoms with E-state index in [0.717, 1.165) is 16.8 Å². The Bertz CT molecular complexity index is 1300. The van der Waals surface area contributed by atoms with E-state index in [4.69, 9.17) is 0 Å². The second-order valence-electron chi connectivity index (χ2n) is 7.91. The van der Waals surface area contributed by atoms with Gasteiger partial charge in [0, 0.05) is 18.7 Å². The molecule has 2 aromatic heterocycles. The average Bonchev–Trinajstić information content (AvgIpc) is 3.24. The zero-order valence-electron chi connectivity index (χ0n) is 18.2. The maximum atomic E-state index is 13.4. The molecule has 2 heterocycles. The molecule has 12 heteroatoms. The molecule has 3 rings (SSSR count). The fraction of sp³-hybridized carbons (Fsp3) is 0.333. The highest BCUT2D eigenvalue weighted by Crippen LogP contribution is 2.34. The first-order valence-electron chi connectivity index (χ1n) is 9.73. The minimum atomic E-state index is -4.70. The molecule has 0 aliphatic rings. The molecule has 3 aromatic rings. The molecule has 1 aromatic carbocycles. The van der Waals surface area contributed by atoms with Gasteiger partial charge < -0.3 is 5.32 Å². The first kappa shape index (κ1) is 23.6. The van der Waals surface area contributed by atoms with E-state index in [1.807, 2.05) is 6.07 Å². The molecule has 0 fully saturated rings. The number of hydrogen-bond acceptors (Lipinski definition) is 6. The van der Waals surface area contributed by atoms with Crippen LogP contribution in [0.2, 0.25) is 0 Å². The highest BCUT2D eigenvalue weighted by molar-refractivity contribution is 5.95. The standard InChI is InChI=1S/C21H20F3N7O2/c1-12(18-26-11-27-31(18)16-5-6-17(32)30(4)29-16)28-19(33)13-7-14(20(2,3)10-25)9-15(8-13)21(22,23)24/h5-9,11-12H,1-4H3,(H,28,33)/t12-/m0/s1. The molecule has 0 aliphatic carbocycles. The van der Waals surface area contributed by atoms with Gasteiger partial charge in [0.05, 0.1) is 23.1 Å². The second kappa shape index (κ2) is 8.50. The molecule has 1 amide bonds. The molecule has 0 spiro atoms. The zero-order valence-corrected chi connectivity index (χ0v) is 18.2. The van der Waals surface area contributed by atoms with E-state index in [1.165, 1.54) is 50.1 Å². The third-order valence-electron chi connectivity index (χ3n) is 5.00. The highest BCUT2D eigenvalue weighted by atomic mass is 19.4. The molecule has 9 nitrogen and oxygen atoms in total. The fourth-order valence-electron chi connectivity index (χ4n) is 3.02. The molecule has 33 heavy (non-hydrogen) atoms. The number of amides is 1. The predicted molar refractivity (Wildman–Crippen MR) is 110 cm³/mol. The van der Waals surface area contributed by atoms with E-state index >= 15 is 0 Å². The Kier molecular flexibility index (Phi) is 6.09. The number of aromatic nitrogens is 5. The largest absolute Gasteiger partial charge is 0.416 e. The van der Waals surface area contributed by atoms with Crippen molar-refractivity contribution in [2.24, 2.45) is 7.05 Å². The van der Waals surface area contributed by atoms with Crippen LogP contribution in [0, 0.1) is 11.3 Å². The molecule has 0 saturated heterocycles. The Hall–Kier alpha value is -4.01. The van der Waals surface area contributed by atoms with Gasteiger partial charge >= 0.3 is 6.18 Å². The number of halogens is 3. The number of nitrogens with zero attached hydrogens (tertiary/aromatic N) is 6. The summed E-state index contributed by atoms with van der Waals surface area (Å²) < 4.78 is 42.7. The van der Waals surface area contributed by atoms with Gasteiger partial charge in [-0.15, -0.1) is 5.10 Å². The van der Waals surface area contributed by atoms with Crippen molar-refractivity contribution in [1.29, 1.82) is 5.26 Å². The monoisotopic (exact) mass is 459 g/mol. The van der Waals surface area contributed by atoms with Crippen LogP contribution in [0.4, 0.5) is 13.2 Å². The Morgan fingerprint density at radius 1 is 1.18 bits per heavy atom. The van der Waals surface area contributed by atoms with Gasteiger partial charge in [-0.25, -0.2) is 9.67 Å². The van der Waals surface area contributed by atoms with E-state index in [9.17, 15) is 28.0 Å². The van der Waals surface area contributed by atoms with Crippen LogP contribution in [-0.4, -0.2) is 30.5 Å². The minimum Gasteiger partial charge on any atom is -0.342 e. The molecule has 1 N–H and O–H groups in total. The maximum absolute atomic E-state index is 13.4. The lowest BCUT2D eigenvalue weighted by atomic mass is 9.84. The first-order valence-corrected chi connectivity index (χ1v) is 9.73. The van der Waals surface area contributed by atoms with Crippen molar-refractivity contribution >= 4 is 5.91 Å². The molecule has 1 atom stereocenters. The number of aryl methyl sites for hydroxylation is 1. The first-order chi connectivity index (χ1) is 15.3. The minimum absolute atomic E-state index is 0.0650. The zero-order chi connectivity index (χ0) is 24.6. The maximum Gasteiger partial charge on any atom is 0.416 e. The van der Waals surface area contributed by atoms with Crippen molar-refractivity contribution < 1.29 is 18.0 Å². The van der Waals surface area contributed by atoms with Crippen LogP contribution in [0.1, 0.15) is 54.1 Å². The average molecular weight is 459 g/mol. The van der Waals surface area contributed by atoms with Gasteiger partial charge in [-0.2, -0.15) is 28.2 Å². The van der Waals surface area contributed by atoms with Gasteiger partial charge in [-0.05, 0) is 50.6 Å². The quantitative estimate of drug-likeness (QED) is 0.627. The Balaban J connectivity index is 1.95. The molecular weight excluding hydrogens is 439 g/mol. The second-order valence-corrected chi connectivity index (χ2v) is 7.91. The smallest absolute Gasteiger partial charge is 0.342 e. The summed E-state index contributed by atoms with van der Waals surface area (Å²) in [6, 6.07) is 6.75. The summed E-state index contributed by atoms with van der Waals surface area (Å²) in [5.74, 6) is -0.270. The van der Waals surface area contributed by atoms with Crippen molar-refractivity contribution in [3.63, 3.8) is 0 Å². The van der Waals surface area contributed by atoms with Crippen molar-refractivity contribution in [3.05, 3.63) is 69.5 Å². The van der Waals surface area contributed by atoms with Crippen LogP contribution in [0.25, 0.3) is 5.82 Å². The lowest BCUT2D eigenvalue weighted by molar-refractivity contribution is -0.137. The van der Waals surface area contributed by atoms with E-state index < -0.39 is 29.1 Å². The molecule has 0 unspecified atom stereocenters. The summed E-state index contributed by atoms with van der Waals surface area (Å²) in [4.78, 5) is 28.5. The summed E-state index contributed by atoms with van der Waals surface area (Å²) in [5, 5.41) is 20.1. The van der Waals surface area contributed by atoms with Crippen LogP contribution < -0.4 is 10.9 Å². The van der Waals surface area contributed by atoms with Crippen LogP contribution in [0.3, 0.4) is 0 Å². The van der Waals surface area contributed by atoms with E-state index in [0.29, 0.717) is 0 Å². The van der Waals surface area contributed by atoms with Crippen molar-refractivity contribution in [2.45, 2.75) is 38.4 Å². The number of carbonyl (C=O) groups excluding carboxylic acids is 1. The van der Waals surface area contributed by atoms with Crippen LogP contribution in [0.15, 0.2) is 41.5 Å². The predicted octanol–water partition coefficient (Wildman–Crippen LogP) is 2.67. The van der Waals surface area contributed by atoms with E-state index in [2.05, 4.69) is 20.5 Å². The fourth-order valence-corrected chi connectivity index (χ4v) is 3.02. The van der Waals surface area contributed by atoms with Gasteiger partial charge in [0.2, 0.25) is 0 Å². The number of nitrogens with one attached hydrogen (secondary N) is 1. The summed E-state index contributed by atoms with van der Waals surface area (Å²) in [7, 11) is 1.46. The molecular formula is C21H20F3N7O2.